The third kappa shape index (κ3) is 2.08. The van der Waals surface area contributed by atoms with Gasteiger partial charge in [0.05, 0.1) is 16.3 Å². The molecule has 0 saturated carbocycles. The zero-order valence-electron chi connectivity index (χ0n) is 9.97. The molecule has 17 heavy (non-hydrogen) atoms. The first-order chi connectivity index (χ1) is 8.24. The lowest BCUT2D eigenvalue weighted by Crippen LogP contribution is -2.28. The molecule has 0 amide bonds. The third-order valence-corrected chi connectivity index (χ3v) is 4.68. The van der Waals surface area contributed by atoms with Gasteiger partial charge < -0.3 is 5.73 Å². The van der Waals surface area contributed by atoms with Crippen LogP contribution in [0.1, 0.15) is 24.4 Å². The number of para-hydroxylation sites is 1. The Balaban J connectivity index is 1.87. The van der Waals surface area contributed by atoms with Gasteiger partial charge in [-0.3, -0.25) is 4.90 Å². The Labute approximate surface area is 105 Å². The highest BCUT2D eigenvalue weighted by atomic mass is 32.1. The molecule has 3 nitrogen and oxygen atoms in total. The Morgan fingerprint density at radius 3 is 3.00 bits per heavy atom. The molecule has 2 heterocycles. The minimum absolute atomic E-state index is 0.340. The van der Waals surface area contributed by atoms with E-state index in [1.54, 1.807) is 11.3 Å². The van der Waals surface area contributed by atoms with Gasteiger partial charge in [0.1, 0.15) is 5.01 Å². The Morgan fingerprint density at radius 2 is 2.29 bits per heavy atom. The lowest BCUT2D eigenvalue weighted by Gasteiger charge is -2.21. The molecule has 2 unspecified atom stereocenters. The number of likely N-dealkylation sites (tertiary alicyclic amines) is 1. The van der Waals surface area contributed by atoms with Crippen LogP contribution in [0.3, 0.4) is 0 Å². The number of nitrogens with zero attached hydrogens (tertiary/aromatic N) is 2. The van der Waals surface area contributed by atoms with Gasteiger partial charge in [0.2, 0.25) is 0 Å². The van der Waals surface area contributed by atoms with Crippen LogP contribution in [0.2, 0.25) is 0 Å². The highest BCUT2D eigenvalue weighted by Crippen LogP contribution is 2.30. The number of thiazole rings is 1. The topological polar surface area (TPSA) is 42.2 Å². The normalized spacial score (nSPS) is 23.3. The fourth-order valence-electron chi connectivity index (χ4n) is 2.39. The van der Waals surface area contributed by atoms with Crippen LogP contribution < -0.4 is 5.73 Å². The van der Waals surface area contributed by atoms with Gasteiger partial charge in [0.15, 0.2) is 0 Å². The molecule has 1 aromatic carbocycles. The average molecular weight is 247 g/mol. The minimum atomic E-state index is 0.340. The molecule has 1 aliphatic heterocycles. The minimum Gasteiger partial charge on any atom is -0.326 e. The summed E-state index contributed by atoms with van der Waals surface area (Å²) in [5, 5.41) is 1.21. The summed E-state index contributed by atoms with van der Waals surface area (Å²) in [6.45, 7) is 4.32. The van der Waals surface area contributed by atoms with Crippen molar-refractivity contribution in [1.82, 2.24) is 9.88 Å². The van der Waals surface area contributed by atoms with Crippen molar-refractivity contribution in [2.45, 2.75) is 25.4 Å². The third-order valence-electron chi connectivity index (χ3n) is 3.47. The smallest absolute Gasteiger partial charge is 0.111 e. The van der Waals surface area contributed by atoms with Crippen molar-refractivity contribution in [3.63, 3.8) is 0 Å². The summed E-state index contributed by atoms with van der Waals surface area (Å²) in [6, 6.07) is 9.06. The zero-order valence-corrected chi connectivity index (χ0v) is 10.8. The molecule has 1 aromatic heterocycles. The van der Waals surface area contributed by atoms with E-state index in [2.05, 4.69) is 30.0 Å². The van der Waals surface area contributed by atoms with E-state index in [4.69, 9.17) is 10.7 Å². The first kappa shape index (κ1) is 11.1. The van der Waals surface area contributed by atoms with E-state index in [-0.39, 0.29) is 0 Å². The van der Waals surface area contributed by atoms with Gasteiger partial charge in [-0.2, -0.15) is 0 Å². The molecule has 3 rings (SSSR count). The lowest BCUT2D eigenvalue weighted by molar-refractivity contribution is 0.259. The molecule has 4 heteroatoms. The lowest BCUT2D eigenvalue weighted by atomic mass is 10.3. The summed E-state index contributed by atoms with van der Waals surface area (Å²) in [7, 11) is 0. The van der Waals surface area contributed by atoms with Gasteiger partial charge in [-0.15, -0.1) is 11.3 Å². The predicted octanol–water partition coefficient (Wildman–Crippen LogP) is 2.39. The van der Waals surface area contributed by atoms with Crippen LogP contribution >= 0.6 is 11.3 Å². The molecule has 0 spiro atoms. The molecule has 1 fully saturated rings. The average Bonchev–Trinajstić information content (AvgIpc) is 2.93. The number of benzene rings is 1. The molecule has 0 radical (unpaired) electrons. The second-order valence-corrected chi connectivity index (χ2v) is 5.80. The molecule has 0 bridgehead atoms. The molecule has 2 aromatic rings. The van der Waals surface area contributed by atoms with E-state index in [1.807, 2.05) is 6.07 Å². The zero-order chi connectivity index (χ0) is 11.8. The summed E-state index contributed by atoms with van der Waals surface area (Å²) in [4.78, 5) is 7.15. The summed E-state index contributed by atoms with van der Waals surface area (Å²) in [6.07, 6.45) is 1.11. The molecule has 0 aliphatic carbocycles. The maximum atomic E-state index is 5.96. The van der Waals surface area contributed by atoms with Gasteiger partial charge in [0.25, 0.3) is 0 Å². The number of fused-ring (bicyclic) bond motifs is 1. The van der Waals surface area contributed by atoms with E-state index < -0.39 is 0 Å². The van der Waals surface area contributed by atoms with Crippen LogP contribution in [0.5, 0.6) is 0 Å². The van der Waals surface area contributed by atoms with Crippen molar-refractivity contribution in [1.29, 1.82) is 0 Å². The fourth-order valence-corrected chi connectivity index (χ4v) is 3.45. The number of hydrogen-bond acceptors (Lipinski definition) is 4. The first-order valence-corrected chi connectivity index (χ1v) is 6.91. The molecule has 2 N–H and O–H groups in total. The standard InChI is InChI=1S/C13H17N3S/c1-9(16-7-6-10(14)8-16)13-15-11-4-2-3-5-12(11)17-13/h2-5,9-10H,6-8,14H2,1H3. The Bertz CT molecular complexity index is 489. The maximum Gasteiger partial charge on any atom is 0.111 e. The Kier molecular flexibility index (Phi) is 2.86. The second-order valence-electron chi connectivity index (χ2n) is 4.74. The highest BCUT2D eigenvalue weighted by Gasteiger charge is 2.26. The molecule has 1 saturated heterocycles. The van der Waals surface area contributed by atoms with Crippen LogP contribution in [-0.2, 0) is 0 Å². The summed E-state index contributed by atoms with van der Waals surface area (Å²) in [5.74, 6) is 0. The van der Waals surface area contributed by atoms with E-state index in [9.17, 15) is 0 Å². The SMILES string of the molecule is CC(c1nc2ccccc2s1)N1CCC(N)C1. The van der Waals surface area contributed by atoms with Crippen LogP contribution in [-0.4, -0.2) is 29.0 Å². The van der Waals surface area contributed by atoms with E-state index in [0.29, 0.717) is 12.1 Å². The van der Waals surface area contributed by atoms with Gasteiger partial charge in [-0.05, 0) is 25.5 Å². The fraction of sp³-hybridized carbons (Fsp3) is 0.462. The summed E-state index contributed by atoms with van der Waals surface area (Å²) in [5.41, 5.74) is 7.07. The maximum absolute atomic E-state index is 5.96. The summed E-state index contributed by atoms with van der Waals surface area (Å²) < 4.78 is 1.28. The van der Waals surface area contributed by atoms with E-state index in [1.165, 1.54) is 9.71 Å². The Morgan fingerprint density at radius 1 is 1.47 bits per heavy atom. The van der Waals surface area contributed by atoms with Crippen molar-refractivity contribution in [3.8, 4) is 0 Å². The van der Waals surface area contributed by atoms with Crippen molar-refractivity contribution < 1.29 is 0 Å². The quantitative estimate of drug-likeness (QED) is 0.886. The van der Waals surface area contributed by atoms with E-state index in [0.717, 1.165) is 25.0 Å². The van der Waals surface area contributed by atoms with Crippen LogP contribution in [0.25, 0.3) is 10.2 Å². The van der Waals surface area contributed by atoms with Crippen LogP contribution in [0.4, 0.5) is 0 Å². The molecule has 1 aliphatic rings. The van der Waals surface area contributed by atoms with Crippen molar-refractivity contribution in [3.05, 3.63) is 29.3 Å². The van der Waals surface area contributed by atoms with Gasteiger partial charge in [0, 0.05) is 19.1 Å². The molecular weight excluding hydrogens is 230 g/mol. The number of aromatic nitrogens is 1. The predicted molar refractivity (Wildman–Crippen MR) is 72.2 cm³/mol. The van der Waals surface area contributed by atoms with Gasteiger partial charge in [-0.25, -0.2) is 4.98 Å². The molecular formula is C13H17N3S. The van der Waals surface area contributed by atoms with Gasteiger partial charge in [-0.1, -0.05) is 12.1 Å². The van der Waals surface area contributed by atoms with Crippen LogP contribution in [0, 0.1) is 0 Å². The highest BCUT2D eigenvalue weighted by molar-refractivity contribution is 7.18. The van der Waals surface area contributed by atoms with Gasteiger partial charge >= 0.3 is 0 Å². The van der Waals surface area contributed by atoms with Crippen molar-refractivity contribution >= 4 is 21.6 Å². The Hall–Kier alpha value is -0.970. The first-order valence-electron chi connectivity index (χ1n) is 6.09. The second kappa shape index (κ2) is 4.37. The monoisotopic (exact) mass is 247 g/mol. The molecule has 90 valence electrons. The van der Waals surface area contributed by atoms with Crippen molar-refractivity contribution in [2.75, 3.05) is 13.1 Å². The summed E-state index contributed by atoms with van der Waals surface area (Å²) >= 11 is 1.80. The number of rotatable bonds is 2. The number of hydrogen-bond donors (Lipinski definition) is 1. The molecule has 2 atom stereocenters. The van der Waals surface area contributed by atoms with E-state index >= 15 is 0 Å². The van der Waals surface area contributed by atoms with Crippen molar-refractivity contribution in [2.24, 2.45) is 5.73 Å². The largest absolute Gasteiger partial charge is 0.326 e. The number of nitrogens with two attached hydrogens (primary N) is 1. The van der Waals surface area contributed by atoms with Crippen LogP contribution in [0.15, 0.2) is 24.3 Å².